The first-order valence-electron chi connectivity index (χ1n) is 18.8. The molecule has 18 heteroatoms. The summed E-state index contributed by atoms with van der Waals surface area (Å²) in [5.74, 6) is -0.697. The molecule has 0 saturated carbocycles. The molecule has 1 spiro atoms. The number of esters is 1. The molecule has 18 nitrogen and oxygen atoms in total. The Labute approximate surface area is 334 Å². The van der Waals surface area contributed by atoms with Crippen molar-refractivity contribution in [3.63, 3.8) is 0 Å². The van der Waals surface area contributed by atoms with Crippen LogP contribution in [0.5, 0.6) is 5.75 Å². The fraction of sp³-hybridized carbons (Fsp3) is 0.667. The van der Waals surface area contributed by atoms with Gasteiger partial charge >= 0.3 is 30.3 Å². The molecular weight excluding hydrogens is 744 g/mol. The largest absolute Gasteiger partial charge is 0.497 e. The van der Waals surface area contributed by atoms with E-state index in [1.165, 1.54) is 11.8 Å². The van der Waals surface area contributed by atoms with Crippen LogP contribution in [0.25, 0.3) is 0 Å². The van der Waals surface area contributed by atoms with E-state index in [0.29, 0.717) is 5.75 Å². The van der Waals surface area contributed by atoms with Gasteiger partial charge in [0, 0.05) is 19.9 Å². The minimum atomic E-state index is -1.91. The van der Waals surface area contributed by atoms with Crippen LogP contribution in [-0.2, 0) is 39.8 Å². The Balaban J connectivity index is 2.04. The Bertz CT molecular complexity index is 1750. The molecule has 3 aliphatic rings. The Morgan fingerprint density at radius 3 is 1.91 bits per heavy atom. The number of methoxy groups -OCH3 is 1. The predicted molar refractivity (Wildman–Crippen MR) is 206 cm³/mol. The van der Waals surface area contributed by atoms with E-state index in [2.05, 4.69) is 10.3 Å². The number of nitrogens with zero attached hydrogens (tertiary/aromatic N) is 5. The maximum atomic E-state index is 14.6. The Hall–Kier alpha value is -5.13. The third-order valence-electron chi connectivity index (χ3n) is 8.33. The highest BCUT2D eigenvalue weighted by Gasteiger charge is 2.73. The van der Waals surface area contributed by atoms with Gasteiger partial charge in [-0.1, -0.05) is 12.1 Å². The normalized spacial score (nSPS) is 22.9. The van der Waals surface area contributed by atoms with Crippen molar-refractivity contribution in [2.45, 2.75) is 149 Å². The molecule has 2 fully saturated rings. The summed E-state index contributed by atoms with van der Waals surface area (Å²) in [6.07, 6.45) is -5.09. The molecule has 1 aromatic rings. The van der Waals surface area contributed by atoms with Gasteiger partial charge in [-0.2, -0.15) is 0 Å². The number of guanidine groups is 2. The van der Waals surface area contributed by atoms with Crippen LogP contribution in [-0.4, -0.2) is 123 Å². The van der Waals surface area contributed by atoms with Gasteiger partial charge in [0.05, 0.1) is 26.4 Å². The average molecular weight is 803 g/mol. The number of rotatable bonds is 6. The van der Waals surface area contributed by atoms with Crippen molar-refractivity contribution in [3.05, 3.63) is 29.8 Å². The second kappa shape index (κ2) is 16.4. The first kappa shape index (κ1) is 44.6. The first-order valence-corrected chi connectivity index (χ1v) is 18.8. The number of amides is 4. The van der Waals surface area contributed by atoms with Gasteiger partial charge in [0.2, 0.25) is 11.9 Å². The molecule has 0 aromatic heterocycles. The zero-order chi connectivity index (χ0) is 42.9. The van der Waals surface area contributed by atoms with Crippen LogP contribution < -0.4 is 10.1 Å². The lowest BCUT2D eigenvalue weighted by atomic mass is 9.86. The van der Waals surface area contributed by atoms with E-state index in [-0.39, 0.29) is 38.1 Å². The summed E-state index contributed by atoms with van der Waals surface area (Å²) >= 11 is 0. The Kier molecular flexibility index (Phi) is 12.8. The van der Waals surface area contributed by atoms with Crippen molar-refractivity contribution in [1.29, 1.82) is 0 Å². The van der Waals surface area contributed by atoms with Gasteiger partial charge in [-0.15, -0.1) is 4.99 Å². The lowest BCUT2D eigenvalue weighted by Gasteiger charge is -2.55. The van der Waals surface area contributed by atoms with Crippen LogP contribution in [0.2, 0.25) is 0 Å². The second-order valence-electron chi connectivity index (χ2n) is 17.8. The molecule has 0 bridgehead atoms. The topological polar surface area (TPSA) is 196 Å². The van der Waals surface area contributed by atoms with E-state index < -0.39 is 76.6 Å². The number of ether oxygens (including phenoxy) is 7. The molecule has 4 rings (SSSR count). The Morgan fingerprint density at radius 2 is 1.39 bits per heavy atom. The van der Waals surface area contributed by atoms with E-state index in [4.69, 9.17) is 38.2 Å². The number of carbonyl (C=O) groups excluding carboxylic acids is 5. The van der Waals surface area contributed by atoms with Crippen LogP contribution in [0.4, 0.5) is 19.2 Å². The van der Waals surface area contributed by atoms with Crippen molar-refractivity contribution in [1.82, 2.24) is 20.0 Å². The molecule has 2 saturated heterocycles. The predicted octanol–water partition coefficient (Wildman–Crippen LogP) is 5.96. The summed E-state index contributed by atoms with van der Waals surface area (Å²) in [4.78, 5) is 82.1. The monoisotopic (exact) mass is 802 g/mol. The van der Waals surface area contributed by atoms with Crippen LogP contribution in [0.3, 0.4) is 0 Å². The molecule has 0 radical (unpaired) electrons. The number of hydrogen-bond donors (Lipinski definition) is 1. The van der Waals surface area contributed by atoms with Crippen molar-refractivity contribution in [2.75, 3.05) is 20.3 Å². The SMILES string of the molecule is COc1ccc(COC[C@H]2[C@@H]3N=C(NC(=O)OC(C)(C)C)N(C(=O)OC(C)(C)C)[C@]34[C@@H](OC(C)=O)CCN4/C(=N\C(=O)OC(C)(C)C)N2C(=O)OC(C)(C)C)cc1. The van der Waals surface area contributed by atoms with Gasteiger partial charge in [-0.05, 0) is 101 Å². The fourth-order valence-corrected chi connectivity index (χ4v) is 6.62. The zero-order valence-corrected chi connectivity index (χ0v) is 35.5. The highest BCUT2D eigenvalue weighted by atomic mass is 16.6. The molecule has 4 atom stereocenters. The number of aliphatic imine (C=N–C) groups is 2. The maximum Gasteiger partial charge on any atom is 0.437 e. The molecule has 57 heavy (non-hydrogen) atoms. The zero-order valence-electron chi connectivity index (χ0n) is 35.5. The first-order chi connectivity index (χ1) is 26.1. The van der Waals surface area contributed by atoms with E-state index in [1.54, 1.807) is 114 Å². The van der Waals surface area contributed by atoms with Gasteiger partial charge in [0.1, 0.15) is 40.3 Å². The fourth-order valence-electron chi connectivity index (χ4n) is 6.62. The molecule has 1 N–H and O–H groups in total. The summed E-state index contributed by atoms with van der Waals surface area (Å²) in [6.45, 7) is 20.9. The Morgan fingerprint density at radius 1 is 0.825 bits per heavy atom. The van der Waals surface area contributed by atoms with Crippen LogP contribution in [0.1, 0.15) is 102 Å². The van der Waals surface area contributed by atoms with E-state index >= 15 is 0 Å². The molecule has 0 unspecified atom stereocenters. The molecule has 1 aromatic carbocycles. The van der Waals surface area contributed by atoms with Crippen molar-refractivity contribution < 1.29 is 57.1 Å². The summed E-state index contributed by atoms with van der Waals surface area (Å²) in [6, 6.07) is 4.62. The number of carbonyl (C=O) groups is 5. The van der Waals surface area contributed by atoms with Gasteiger partial charge < -0.3 is 38.1 Å². The minimum Gasteiger partial charge on any atom is -0.497 e. The number of hydrogen-bond acceptors (Lipinski definition) is 13. The standard InChI is InChI=1S/C39H58N6O12/c1-23(46)53-27-19-20-43-30(42-32(48)55-36(5,6)7)44(33(49)56-37(8,9)10)26(22-52-21-24-15-17-25(51-14)18-16-24)28-39(27,43)45(34(50)57-38(11,12)13)29(40-28)41-31(47)54-35(2,3)4/h15-18,26-28H,19-22H2,1-14H3,(H,40,41,47)/b42-30+/t26-,27-,28-,39+/m0/s1. The summed E-state index contributed by atoms with van der Waals surface area (Å²) in [5, 5.41) is 2.60. The van der Waals surface area contributed by atoms with Crippen molar-refractivity contribution in [3.8, 4) is 5.75 Å². The maximum absolute atomic E-state index is 14.6. The summed E-state index contributed by atoms with van der Waals surface area (Å²) in [7, 11) is 1.55. The average Bonchev–Trinajstić information content (AvgIpc) is 3.54. The van der Waals surface area contributed by atoms with E-state index in [0.717, 1.165) is 15.4 Å². The van der Waals surface area contributed by atoms with Gasteiger partial charge in [0.25, 0.3) is 0 Å². The van der Waals surface area contributed by atoms with Crippen LogP contribution in [0, 0.1) is 0 Å². The molecule has 316 valence electrons. The molecule has 0 aliphatic carbocycles. The highest BCUT2D eigenvalue weighted by molar-refractivity contribution is 6.07. The van der Waals surface area contributed by atoms with Crippen molar-refractivity contribution in [2.24, 2.45) is 9.98 Å². The third-order valence-corrected chi connectivity index (χ3v) is 8.33. The number of benzene rings is 1. The van der Waals surface area contributed by atoms with Crippen LogP contribution in [0.15, 0.2) is 34.3 Å². The smallest absolute Gasteiger partial charge is 0.437 e. The number of alkyl carbamates (subject to hydrolysis) is 1. The minimum absolute atomic E-state index is 0.0384. The van der Waals surface area contributed by atoms with Crippen LogP contribution >= 0.6 is 0 Å². The lowest BCUT2D eigenvalue weighted by Crippen LogP contribution is -2.80. The summed E-state index contributed by atoms with van der Waals surface area (Å²) < 4.78 is 40.6. The third kappa shape index (κ3) is 10.8. The van der Waals surface area contributed by atoms with E-state index in [1.807, 2.05) is 0 Å². The highest BCUT2D eigenvalue weighted by Crippen LogP contribution is 2.49. The molecule has 3 heterocycles. The molecular formula is C39H58N6O12. The number of nitrogens with one attached hydrogen (secondary N) is 1. The lowest BCUT2D eigenvalue weighted by molar-refractivity contribution is -0.159. The summed E-state index contributed by atoms with van der Waals surface area (Å²) in [5.41, 5.74) is -5.22. The van der Waals surface area contributed by atoms with Gasteiger partial charge in [-0.3, -0.25) is 10.1 Å². The molecule has 4 amide bonds. The van der Waals surface area contributed by atoms with Crippen molar-refractivity contribution >= 4 is 42.3 Å². The van der Waals surface area contributed by atoms with E-state index in [9.17, 15) is 24.0 Å². The van der Waals surface area contributed by atoms with Gasteiger partial charge in [-0.25, -0.2) is 34.0 Å². The molecule has 3 aliphatic heterocycles. The quantitative estimate of drug-likeness (QED) is 0.262. The van der Waals surface area contributed by atoms with Gasteiger partial charge in [0.15, 0.2) is 5.66 Å². The second-order valence-corrected chi connectivity index (χ2v) is 17.8.